The van der Waals surface area contributed by atoms with Crippen LogP contribution in [0.15, 0.2) is 138 Å². The van der Waals surface area contributed by atoms with Gasteiger partial charge in [0.05, 0.1) is 21.4 Å². The number of para-hydroxylation sites is 1. The fraction of sp³-hybridized carbons (Fsp3) is 0. The summed E-state index contributed by atoms with van der Waals surface area (Å²) in [6.07, 6.45) is 0. The van der Waals surface area contributed by atoms with Crippen molar-refractivity contribution in [3.8, 4) is 27.9 Å². The molecular formula is C36H22BrNS. The van der Waals surface area contributed by atoms with Gasteiger partial charge in [0.1, 0.15) is 0 Å². The van der Waals surface area contributed by atoms with Crippen molar-refractivity contribution in [2.24, 2.45) is 0 Å². The van der Waals surface area contributed by atoms with Gasteiger partial charge in [-0.15, -0.1) is 11.3 Å². The lowest BCUT2D eigenvalue weighted by Crippen LogP contribution is -1.94. The number of aromatic nitrogens is 1. The van der Waals surface area contributed by atoms with Crippen molar-refractivity contribution in [3.63, 3.8) is 0 Å². The van der Waals surface area contributed by atoms with Crippen molar-refractivity contribution in [2.75, 3.05) is 0 Å². The Hall–Kier alpha value is -4.18. The largest absolute Gasteiger partial charge is 0.308 e. The Kier molecular flexibility index (Phi) is 5.22. The number of hydrogen-bond donors (Lipinski definition) is 0. The van der Waals surface area contributed by atoms with E-state index in [-0.39, 0.29) is 0 Å². The predicted molar refractivity (Wildman–Crippen MR) is 172 cm³/mol. The minimum Gasteiger partial charge on any atom is -0.308 e. The topological polar surface area (TPSA) is 4.93 Å². The highest BCUT2D eigenvalue weighted by atomic mass is 79.9. The Labute approximate surface area is 238 Å². The fourth-order valence-corrected chi connectivity index (χ4v) is 7.45. The van der Waals surface area contributed by atoms with Crippen molar-refractivity contribution < 1.29 is 0 Å². The number of hydrogen-bond acceptors (Lipinski definition) is 1. The van der Waals surface area contributed by atoms with Crippen LogP contribution < -0.4 is 0 Å². The maximum absolute atomic E-state index is 3.60. The van der Waals surface area contributed by atoms with E-state index in [4.69, 9.17) is 0 Å². The highest BCUT2D eigenvalue weighted by Crippen LogP contribution is 2.41. The van der Waals surface area contributed by atoms with Crippen molar-refractivity contribution in [1.82, 2.24) is 4.57 Å². The van der Waals surface area contributed by atoms with Gasteiger partial charge >= 0.3 is 0 Å². The van der Waals surface area contributed by atoms with Crippen LogP contribution in [0.5, 0.6) is 0 Å². The van der Waals surface area contributed by atoms with Crippen LogP contribution in [0.2, 0.25) is 0 Å². The van der Waals surface area contributed by atoms with E-state index in [1.54, 1.807) is 0 Å². The van der Waals surface area contributed by atoms with E-state index >= 15 is 0 Å². The zero-order valence-electron chi connectivity index (χ0n) is 20.9. The van der Waals surface area contributed by atoms with E-state index in [0.29, 0.717) is 0 Å². The van der Waals surface area contributed by atoms with Gasteiger partial charge in [-0.3, -0.25) is 0 Å². The zero-order chi connectivity index (χ0) is 25.9. The molecule has 0 aliphatic heterocycles. The molecule has 0 aliphatic rings. The molecule has 6 aromatic carbocycles. The Balaban J connectivity index is 1.34. The number of rotatable bonds is 3. The Morgan fingerprint density at radius 1 is 0.462 bits per heavy atom. The van der Waals surface area contributed by atoms with E-state index in [0.717, 1.165) is 4.47 Å². The molecule has 2 aromatic heterocycles. The molecule has 39 heavy (non-hydrogen) atoms. The Morgan fingerprint density at radius 2 is 1.10 bits per heavy atom. The summed E-state index contributed by atoms with van der Waals surface area (Å²) in [5.41, 5.74) is 8.56. The molecule has 1 nitrogen and oxygen atoms in total. The van der Waals surface area contributed by atoms with Crippen molar-refractivity contribution in [2.45, 2.75) is 0 Å². The van der Waals surface area contributed by atoms with Gasteiger partial charge in [0.25, 0.3) is 0 Å². The van der Waals surface area contributed by atoms with Crippen LogP contribution in [0.3, 0.4) is 0 Å². The molecule has 0 saturated heterocycles. The molecule has 3 heteroatoms. The summed E-state index contributed by atoms with van der Waals surface area (Å²) < 4.78 is 6.20. The highest BCUT2D eigenvalue weighted by Gasteiger charge is 2.17. The summed E-state index contributed by atoms with van der Waals surface area (Å²) in [6, 6.07) is 48.5. The van der Waals surface area contributed by atoms with E-state index in [1.807, 2.05) is 11.3 Å². The van der Waals surface area contributed by atoms with Gasteiger partial charge in [0, 0.05) is 30.7 Å². The number of thiophene rings is 1. The van der Waals surface area contributed by atoms with Crippen LogP contribution in [0.25, 0.3) is 69.9 Å². The van der Waals surface area contributed by atoms with Crippen molar-refractivity contribution >= 4 is 69.2 Å². The third kappa shape index (κ3) is 3.65. The minimum absolute atomic E-state index is 1.09. The summed E-state index contributed by atoms with van der Waals surface area (Å²) in [7, 11) is 0. The van der Waals surface area contributed by atoms with Gasteiger partial charge in [-0.2, -0.15) is 0 Å². The molecule has 0 spiro atoms. The number of halogens is 1. The predicted octanol–water partition coefficient (Wildman–Crippen LogP) is 11.2. The maximum atomic E-state index is 3.60. The average molecular weight is 581 g/mol. The monoisotopic (exact) mass is 579 g/mol. The average Bonchev–Trinajstić information content (AvgIpc) is 3.53. The first-order valence-electron chi connectivity index (χ1n) is 13.0. The molecule has 0 amide bonds. The molecule has 184 valence electrons. The van der Waals surface area contributed by atoms with Gasteiger partial charge < -0.3 is 4.57 Å². The zero-order valence-corrected chi connectivity index (χ0v) is 23.3. The summed E-state index contributed by atoms with van der Waals surface area (Å²) >= 11 is 5.48. The van der Waals surface area contributed by atoms with E-state index in [2.05, 4.69) is 154 Å². The van der Waals surface area contributed by atoms with E-state index in [1.165, 1.54) is 69.9 Å². The Morgan fingerprint density at radius 3 is 1.92 bits per heavy atom. The highest BCUT2D eigenvalue weighted by molar-refractivity contribution is 9.10. The van der Waals surface area contributed by atoms with Crippen LogP contribution >= 0.6 is 27.3 Å². The first-order chi connectivity index (χ1) is 19.2. The maximum Gasteiger partial charge on any atom is 0.0640 e. The van der Waals surface area contributed by atoms with Crippen molar-refractivity contribution in [1.29, 1.82) is 0 Å². The number of benzene rings is 6. The molecule has 0 fully saturated rings. The van der Waals surface area contributed by atoms with Gasteiger partial charge in [-0.25, -0.2) is 0 Å². The SMILES string of the molecule is Brc1cccc(-c2ccc(-c3ccc4c5ccccc5n(-c5cccc6c5sc5ccccc56)c4c3)cc2)c1. The molecule has 0 atom stereocenters. The second-order valence-corrected chi connectivity index (χ2v) is 11.9. The van der Waals surface area contributed by atoms with Crippen LogP contribution in [0.4, 0.5) is 0 Å². The Bertz CT molecular complexity index is 2180. The third-order valence-corrected chi connectivity index (χ3v) is 9.38. The smallest absolute Gasteiger partial charge is 0.0640 e. The summed E-state index contributed by atoms with van der Waals surface area (Å²) in [5, 5.41) is 5.20. The molecule has 0 aliphatic carbocycles. The van der Waals surface area contributed by atoms with Crippen LogP contribution in [0, 0.1) is 0 Å². The van der Waals surface area contributed by atoms with Crippen LogP contribution in [-0.2, 0) is 0 Å². The molecular weight excluding hydrogens is 558 g/mol. The fourth-order valence-electron chi connectivity index (χ4n) is 5.84. The molecule has 2 heterocycles. The molecule has 8 rings (SSSR count). The first-order valence-corrected chi connectivity index (χ1v) is 14.7. The van der Waals surface area contributed by atoms with E-state index in [9.17, 15) is 0 Å². The van der Waals surface area contributed by atoms with Crippen molar-refractivity contribution in [3.05, 3.63) is 138 Å². The normalized spacial score (nSPS) is 11.7. The number of nitrogens with zero attached hydrogens (tertiary/aromatic N) is 1. The lowest BCUT2D eigenvalue weighted by Gasteiger charge is -2.11. The standard InChI is InChI=1S/C36H22BrNS/c37-27-8-5-7-25(21-27)23-15-17-24(18-16-23)26-19-20-29-28-9-1-3-12-32(28)38(34(29)22-26)33-13-6-11-31-30-10-2-4-14-35(30)39-36(31)33/h1-22H. The molecule has 0 radical (unpaired) electrons. The van der Waals surface area contributed by atoms with Gasteiger partial charge in [0.15, 0.2) is 0 Å². The van der Waals surface area contributed by atoms with Gasteiger partial charge in [-0.1, -0.05) is 113 Å². The second-order valence-electron chi connectivity index (χ2n) is 9.92. The quantitative estimate of drug-likeness (QED) is 0.196. The molecule has 0 bridgehead atoms. The summed E-state index contributed by atoms with van der Waals surface area (Å²) in [5.74, 6) is 0. The van der Waals surface area contributed by atoms with Crippen LogP contribution in [-0.4, -0.2) is 4.57 Å². The van der Waals surface area contributed by atoms with Gasteiger partial charge in [0.2, 0.25) is 0 Å². The molecule has 0 unspecified atom stereocenters. The lowest BCUT2D eigenvalue weighted by molar-refractivity contribution is 1.20. The molecule has 0 N–H and O–H groups in total. The molecule has 0 saturated carbocycles. The summed E-state index contributed by atoms with van der Waals surface area (Å²) in [6.45, 7) is 0. The lowest BCUT2D eigenvalue weighted by atomic mass is 9.99. The van der Waals surface area contributed by atoms with Gasteiger partial charge in [-0.05, 0) is 58.7 Å². The second kappa shape index (κ2) is 8.94. The minimum atomic E-state index is 1.09. The first kappa shape index (κ1) is 22.8. The molecule has 8 aromatic rings. The third-order valence-electron chi connectivity index (χ3n) is 7.67. The number of fused-ring (bicyclic) bond motifs is 6. The van der Waals surface area contributed by atoms with Crippen LogP contribution in [0.1, 0.15) is 0 Å². The summed E-state index contributed by atoms with van der Waals surface area (Å²) in [4.78, 5) is 0. The van der Waals surface area contributed by atoms with E-state index < -0.39 is 0 Å².